The van der Waals surface area contributed by atoms with Crippen LogP contribution in [-0.4, -0.2) is 13.1 Å². The zero-order valence-corrected chi connectivity index (χ0v) is 23.9. The Morgan fingerprint density at radius 3 is 1.10 bits per heavy atom. The third kappa shape index (κ3) is 3.69. The first-order chi connectivity index (χ1) is 19.7. The molecule has 0 atom stereocenters. The predicted octanol–water partition coefficient (Wildman–Crippen LogP) is 9.06. The Morgan fingerprint density at radius 2 is 0.750 bits per heavy atom. The quantitative estimate of drug-likeness (QED) is 0.252. The maximum Gasteiger partial charge on any atom is 0.258 e. The molecule has 4 aromatic rings. The first kappa shape index (κ1) is 24.3. The molecule has 1 N–H and O–H groups in total. The third-order valence-corrected chi connectivity index (χ3v) is 15.0. The molecule has 0 unspecified atom stereocenters. The van der Waals surface area contributed by atoms with Gasteiger partial charge in [0.25, 0.3) is 8.32 Å². The summed E-state index contributed by atoms with van der Waals surface area (Å²) in [6.45, 7) is 0. The molecule has 0 radical (unpaired) electrons. The Labute approximate surface area is 239 Å². The SMILES string of the molecule is O[Si]1(C2C3CC4CC(C3)CC2C4)C(c2ccccc2)=C(c2ccccc2)C(c2ccccc2)=C1c1ccccc1. The molecule has 4 aliphatic carbocycles. The molecule has 4 saturated carbocycles. The van der Waals surface area contributed by atoms with Crippen LogP contribution in [0.15, 0.2) is 121 Å². The van der Waals surface area contributed by atoms with Crippen molar-refractivity contribution in [2.45, 2.75) is 37.6 Å². The van der Waals surface area contributed by atoms with Gasteiger partial charge in [0.1, 0.15) is 0 Å². The summed E-state index contributed by atoms with van der Waals surface area (Å²) in [6, 6.07) is 43.6. The van der Waals surface area contributed by atoms with Crippen LogP contribution in [0.2, 0.25) is 5.54 Å². The van der Waals surface area contributed by atoms with Gasteiger partial charge in [0.2, 0.25) is 0 Å². The molecule has 1 nitrogen and oxygen atoms in total. The molecule has 9 rings (SSSR count). The van der Waals surface area contributed by atoms with E-state index in [9.17, 15) is 4.80 Å². The van der Waals surface area contributed by atoms with Crippen molar-refractivity contribution < 1.29 is 4.80 Å². The Hall–Kier alpha value is -3.46. The molecule has 0 spiro atoms. The van der Waals surface area contributed by atoms with Crippen LogP contribution in [0.4, 0.5) is 0 Å². The van der Waals surface area contributed by atoms with Gasteiger partial charge in [-0.25, -0.2) is 0 Å². The van der Waals surface area contributed by atoms with Gasteiger partial charge in [-0.2, -0.15) is 0 Å². The maximum atomic E-state index is 14.0. The van der Waals surface area contributed by atoms with E-state index in [1.165, 1.54) is 75.9 Å². The highest BCUT2D eigenvalue weighted by molar-refractivity contribution is 7.10. The van der Waals surface area contributed by atoms with Crippen LogP contribution in [0.5, 0.6) is 0 Å². The van der Waals surface area contributed by atoms with E-state index in [1.807, 2.05) is 0 Å². The normalized spacial score (nSPS) is 28.4. The van der Waals surface area contributed by atoms with Crippen LogP contribution < -0.4 is 0 Å². The Morgan fingerprint density at radius 1 is 0.425 bits per heavy atom. The summed E-state index contributed by atoms with van der Waals surface area (Å²) in [5.41, 5.74) is 7.67. The van der Waals surface area contributed by atoms with Gasteiger partial charge in [-0.15, -0.1) is 0 Å². The molecule has 40 heavy (non-hydrogen) atoms. The second-order valence-corrected chi connectivity index (χ2v) is 15.9. The monoisotopic (exact) mass is 536 g/mol. The first-order valence-electron chi connectivity index (χ1n) is 15.2. The summed E-state index contributed by atoms with van der Waals surface area (Å²) < 4.78 is 0. The lowest BCUT2D eigenvalue weighted by Crippen LogP contribution is -2.55. The number of hydrogen-bond acceptors (Lipinski definition) is 1. The second-order valence-electron chi connectivity index (χ2n) is 12.7. The molecule has 2 heteroatoms. The Balaban J connectivity index is 1.50. The number of benzene rings is 4. The van der Waals surface area contributed by atoms with Crippen molar-refractivity contribution in [3.63, 3.8) is 0 Å². The fourth-order valence-electron chi connectivity index (χ4n) is 9.42. The summed E-state index contributed by atoms with van der Waals surface area (Å²) in [4.78, 5) is 14.0. The zero-order valence-electron chi connectivity index (χ0n) is 22.9. The zero-order chi connectivity index (χ0) is 26.7. The van der Waals surface area contributed by atoms with Gasteiger partial charge in [-0.3, -0.25) is 0 Å². The van der Waals surface area contributed by atoms with E-state index in [0.717, 1.165) is 11.8 Å². The van der Waals surface area contributed by atoms with Crippen LogP contribution in [0, 0.1) is 23.7 Å². The van der Waals surface area contributed by atoms with Crippen molar-refractivity contribution in [2.24, 2.45) is 23.7 Å². The van der Waals surface area contributed by atoms with Crippen molar-refractivity contribution in [3.05, 3.63) is 144 Å². The largest absolute Gasteiger partial charge is 0.424 e. The molecular weight excluding hydrogens is 501 g/mol. The number of allylic oxidation sites excluding steroid dienone is 2. The molecule has 0 aromatic heterocycles. The predicted molar refractivity (Wildman–Crippen MR) is 168 cm³/mol. The minimum absolute atomic E-state index is 0.352. The van der Waals surface area contributed by atoms with Gasteiger partial charge < -0.3 is 4.80 Å². The molecule has 0 saturated heterocycles. The summed E-state index contributed by atoms with van der Waals surface area (Å²) in [7, 11) is -3.26. The molecule has 4 fully saturated rings. The van der Waals surface area contributed by atoms with E-state index in [-0.39, 0.29) is 0 Å². The number of hydrogen-bond donors (Lipinski definition) is 1. The lowest BCUT2D eigenvalue weighted by molar-refractivity contribution is 0.0147. The summed E-state index contributed by atoms with van der Waals surface area (Å²) in [5, 5.41) is 2.49. The average Bonchev–Trinajstić information content (AvgIpc) is 3.28. The third-order valence-electron chi connectivity index (χ3n) is 10.5. The van der Waals surface area contributed by atoms with Gasteiger partial charge in [0, 0.05) is 0 Å². The minimum atomic E-state index is -3.26. The van der Waals surface area contributed by atoms with Crippen molar-refractivity contribution in [3.8, 4) is 0 Å². The lowest BCUT2D eigenvalue weighted by atomic mass is 9.56. The van der Waals surface area contributed by atoms with Gasteiger partial charge in [0.05, 0.1) is 0 Å². The van der Waals surface area contributed by atoms with Gasteiger partial charge in [-0.1, -0.05) is 121 Å². The summed E-state index contributed by atoms with van der Waals surface area (Å²) >= 11 is 0. The maximum absolute atomic E-state index is 14.0. The lowest BCUT2D eigenvalue weighted by Gasteiger charge is -2.58. The van der Waals surface area contributed by atoms with E-state index in [4.69, 9.17) is 0 Å². The molecule has 4 aromatic carbocycles. The molecule has 1 aliphatic heterocycles. The highest BCUT2D eigenvalue weighted by atomic mass is 28.4. The van der Waals surface area contributed by atoms with Crippen LogP contribution in [0.25, 0.3) is 21.5 Å². The van der Waals surface area contributed by atoms with E-state index in [0.29, 0.717) is 17.4 Å². The smallest absolute Gasteiger partial charge is 0.258 e. The topological polar surface area (TPSA) is 20.2 Å². The van der Waals surface area contributed by atoms with Crippen molar-refractivity contribution >= 4 is 29.9 Å². The van der Waals surface area contributed by atoms with Crippen LogP contribution >= 0.6 is 0 Å². The average molecular weight is 537 g/mol. The van der Waals surface area contributed by atoms with Crippen molar-refractivity contribution in [2.75, 3.05) is 0 Å². The van der Waals surface area contributed by atoms with Crippen LogP contribution in [-0.2, 0) is 0 Å². The highest BCUT2D eigenvalue weighted by Gasteiger charge is 2.63. The van der Waals surface area contributed by atoms with Crippen molar-refractivity contribution in [1.82, 2.24) is 0 Å². The van der Waals surface area contributed by atoms with Gasteiger partial charge in [0.15, 0.2) is 0 Å². The number of rotatable bonds is 5. The Bertz CT molecular complexity index is 1460. The molecule has 4 bridgehead atoms. The van der Waals surface area contributed by atoms with Crippen molar-refractivity contribution in [1.29, 1.82) is 0 Å². The fraction of sp³-hybridized carbons (Fsp3) is 0.263. The molecular formula is C38H36OSi. The molecule has 5 aliphatic rings. The summed E-state index contributed by atoms with van der Waals surface area (Å²) in [5.74, 6) is 2.98. The summed E-state index contributed by atoms with van der Waals surface area (Å²) in [6.07, 6.45) is 6.64. The van der Waals surface area contributed by atoms with E-state index < -0.39 is 8.32 Å². The van der Waals surface area contributed by atoms with Gasteiger partial charge in [-0.05, 0) is 105 Å². The van der Waals surface area contributed by atoms with Gasteiger partial charge >= 0.3 is 0 Å². The van der Waals surface area contributed by atoms with Crippen LogP contribution in [0.1, 0.15) is 54.4 Å². The molecule has 0 amide bonds. The standard InChI is InChI=1S/C38H36OSi/c39-40(36-32-22-26-21-27(24-32)25-33(36)23-26)37(30-17-9-3-10-18-30)34(28-13-5-1-6-14-28)35(29-15-7-2-8-16-29)38(40)31-19-11-4-12-20-31/h1-20,26-27,32-33,36,39H,21-25H2. The van der Waals surface area contributed by atoms with E-state index in [1.54, 1.807) is 0 Å². The molecule has 198 valence electrons. The fourth-order valence-corrected chi connectivity index (χ4v) is 14.8. The Kier molecular flexibility index (Phi) is 5.83. The second kappa shape index (κ2) is 9.57. The van der Waals surface area contributed by atoms with E-state index >= 15 is 0 Å². The highest BCUT2D eigenvalue weighted by Crippen LogP contribution is 2.68. The van der Waals surface area contributed by atoms with Crippen LogP contribution in [0.3, 0.4) is 0 Å². The first-order valence-corrected chi connectivity index (χ1v) is 17.2. The van der Waals surface area contributed by atoms with E-state index in [2.05, 4.69) is 121 Å². The minimum Gasteiger partial charge on any atom is -0.424 e. The molecule has 1 heterocycles.